The fraction of sp³-hybridized carbons (Fsp3) is 0.294. The fourth-order valence-corrected chi connectivity index (χ4v) is 3.40. The molecule has 29 heavy (non-hydrogen) atoms. The molecule has 0 fully saturated rings. The van der Waals surface area contributed by atoms with Crippen LogP contribution in [0.5, 0.6) is 11.5 Å². The van der Waals surface area contributed by atoms with Gasteiger partial charge in [-0.3, -0.25) is 9.97 Å². The summed E-state index contributed by atoms with van der Waals surface area (Å²) >= 11 is -1.72. The van der Waals surface area contributed by atoms with E-state index >= 15 is 0 Å². The van der Waals surface area contributed by atoms with Crippen molar-refractivity contribution in [1.82, 2.24) is 15.0 Å². The van der Waals surface area contributed by atoms with Gasteiger partial charge in [-0.15, -0.1) is 0 Å². The van der Waals surface area contributed by atoms with E-state index in [-0.39, 0.29) is 28.1 Å². The summed E-state index contributed by atoms with van der Waals surface area (Å²) in [5, 5.41) is 0.157. The number of nitrogens with one attached hydrogen (secondary N) is 1. The van der Waals surface area contributed by atoms with Crippen molar-refractivity contribution in [2.45, 2.75) is 23.0 Å². The molecule has 0 amide bonds. The molecule has 3 rings (SSSR count). The van der Waals surface area contributed by atoms with Crippen molar-refractivity contribution < 1.29 is 36.0 Å². The molecule has 2 aromatic heterocycles. The summed E-state index contributed by atoms with van der Waals surface area (Å²) in [5.41, 5.74) is 1.32. The molecule has 1 N–H and O–H groups in total. The van der Waals surface area contributed by atoms with E-state index in [1.165, 1.54) is 7.11 Å². The van der Waals surface area contributed by atoms with Crippen LogP contribution in [-0.2, 0) is 16.9 Å². The van der Waals surface area contributed by atoms with E-state index in [1.807, 2.05) is 0 Å². The van der Waals surface area contributed by atoms with Crippen LogP contribution in [0.25, 0.3) is 11.0 Å². The Balaban J connectivity index is 1.80. The average Bonchev–Trinajstić information content (AvgIpc) is 3.10. The number of hydrogen-bond acceptors (Lipinski definition) is 5. The third kappa shape index (κ3) is 4.53. The van der Waals surface area contributed by atoms with Gasteiger partial charge in [-0.1, -0.05) is 12.1 Å². The summed E-state index contributed by atoms with van der Waals surface area (Å²) in [7, 11) is 1.17. The van der Waals surface area contributed by atoms with E-state index in [2.05, 4.69) is 19.7 Å². The van der Waals surface area contributed by atoms with Crippen LogP contribution in [-0.4, -0.2) is 45.3 Å². The second kappa shape index (κ2) is 8.03. The number of methoxy groups -OCH3 is 1. The molecule has 1 unspecified atom stereocenters. The Labute approximate surface area is 164 Å². The molecule has 0 aliphatic rings. The Morgan fingerprint density at radius 3 is 2.52 bits per heavy atom. The van der Waals surface area contributed by atoms with Crippen LogP contribution in [0.1, 0.15) is 5.69 Å². The molecule has 0 aliphatic carbocycles. The minimum Gasteiger partial charge on any atom is -0.609 e. The topological polar surface area (TPSA) is 83.1 Å². The number of benzene rings is 1. The van der Waals surface area contributed by atoms with E-state index in [0.717, 1.165) is 12.3 Å². The Bertz CT molecular complexity index is 963. The third-order valence-corrected chi connectivity index (χ3v) is 4.98. The molecule has 6 nitrogen and oxygen atoms in total. The highest BCUT2D eigenvalue weighted by atomic mass is 32.2. The standard InChI is InChI=1S/C17H14F5N3O3S/c1-27-14-12(8-29(26)15-24-10-4-2-3-5-11(10)25-15)23-7-6-13(14)28-9-16(18,19)17(20,21)22/h2-7H,8-9H2,1H3,(H,24,25). The van der Waals surface area contributed by atoms with Crippen molar-refractivity contribution in [1.29, 1.82) is 0 Å². The number of H-pyrrole nitrogens is 1. The van der Waals surface area contributed by atoms with Gasteiger partial charge in [0.15, 0.2) is 23.9 Å². The molecule has 0 aliphatic heterocycles. The van der Waals surface area contributed by atoms with Gasteiger partial charge in [-0.05, 0) is 12.1 Å². The molecule has 1 atom stereocenters. The Kier molecular flexibility index (Phi) is 5.85. The lowest BCUT2D eigenvalue weighted by Crippen LogP contribution is -2.41. The van der Waals surface area contributed by atoms with Gasteiger partial charge < -0.3 is 14.0 Å². The van der Waals surface area contributed by atoms with Crippen LogP contribution < -0.4 is 9.47 Å². The van der Waals surface area contributed by atoms with Crippen molar-refractivity contribution in [2.24, 2.45) is 0 Å². The normalized spacial score (nSPS) is 13.5. The SMILES string of the molecule is COc1c(OCC(F)(F)C(F)(F)F)ccnc1C[S+]([O-])c1nc2ccccc2[nH]1. The predicted molar refractivity (Wildman–Crippen MR) is 93.5 cm³/mol. The lowest BCUT2D eigenvalue weighted by atomic mass is 10.3. The first-order chi connectivity index (χ1) is 13.6. The number of halogens is 5. The highest BCUT2D eigenvalue weighted by molar-refractivity contribution is 7.90. The number of aromatic amines is 1. The van der Waals surface area contributed by atoms with E-state index < -0.39 is 29.9 Å². The maximum atomic E-state index is 13.1. The summed E-state index contributed by atoms with van der Waals surface area (Å²) in [5.74, 6) is -5.83. The fourth-order valence-electron chi connectivity index (χ4n) is 2.39. The van der Waals surface area contributed by atoms with Gasteiger partial charge in [-0.25, -0.2) is 0 Å². The Morgan fingerprint density at radius 2 is 1.86 bits per heavy atom. The number of nitrogens with zero attached hydrogens (tertiary/aromatic N) is 2. The molecule has 156 valence electrons. The molecular formula is C17H14F5N3O3S. The minimum atomic E-state index is -5.75. The first-order valence-electron chi connectivity index (χ1n) is 8.05. The molecule has 2 heterocycles. The number of hydrogen-bond donors (Lipinski definition) is 1. The van der Waals surface area contributed by atoms with E-state index in [9.17, 15) is 26.5 Å². The van der Waals surface area contributed by atoms with Gasteiger partial charge in [0.05, 0.1) is 18.1 Å². The van der Waals surface area contributed by atoms with E-state index in [0.29, 0.717) is 11.0 Å². The summed E-state index contributed by atoms with van der Waals surface area (Å²) in [6.45, 7) is -1.93. The number of imidazole rings is 1. The molecular weight excluding hydrogens is 421 g/mol. The third-order valence-electron chi connectivity index (χ3n) is 3.82. The molecule has 12 heteroatoms. The van der Waals surface area contributed by atoms with Crippen LogP contribution >= 0.6 is 0 Å². The Hall–Kier alpha value is -2.60. The van der Waals surface area contributed by atoms with Crippen LogP contribution in [0, 0.1) is 0 Å². The summed E-state index contributed by atoms with van der Waals surface area (Å²) in [6.07, 6.45) is -4.62. The smallest absolute Gasteiger partial charge is 0.456 e. The van der Waals surface area contributed by atoms with Crippen LogP contribution in [0.3, 0.4) is 0 Å². The predicted octanol–water partition coefficient (Wildman–Crippen LogP) is 3.85. The number of aromatic nitrogens is 3. The molecule has 0 saturated carbocycles. The van der Waals surface area contributed by atoms with Gasteiger partial charge in [0.25, 0.3) is 0 Å². The molecule has 0 radical (unpaired) electrons. The maximum absolute atomic E-state index is 13.1. The maximum Gasteiger partial charge on any atom is 0.456 e. The average molecular weight is 435 g/mol. The lowest BCUT2D eigenvalue weighted by molar-refractivity contribution is -0.290. The summed E-state index contributed by atoms with van der Waals surface area (Å²) in [4.78, 5) is 11.1. The van der Waals surface area contributed by atoms with Crippen molar-refractivity contribution in [3.63, 3.8) is 0 Å². The second-order valence-electron chi connectivity index (χ2n) is 5.83. The number of pyridine rings is 1. The monoisotopic (exact) mass is 435 g/mol. The number of rotatable bonds is 7. The zero-order valence-electron chi connectivity index (χ0n) is 14.8. The van der Waals surface area contributed by atoms with Gasteiger partial charge >= 0.3 is 17.3 Å². The van der Waals surface area contributed by atoms with Gasteiger partial charge in [0, 0.05) is 23.4 Å². The highest BCUT2D eigenvalue weighted by Gasteiger charge is 2.58. The molecule has 0 bridgehead atoms. The Morgan fingerprint density at radius 1 is 1.14 bits per heavy atom. The first-order valence-corrected chi connectivity index (χ1v) is 9.36. The van der Waals surface area contributed by atoms with Gasteiger partial charge in [0.2, 0.25) is 0 Å². The molecule has 0 spiro atoms. The highest BCUT2D eigenvalue weighted by Crippen LogP contribution is 2.38. The summed E-state index contributed by atoms with van der Waals surface area (Å²) < 4.78 is 85.5. The minimum absolute atomic E-state index is 0.0547. The lowest BCUT2D eigenvalue weighted by Gasteiger charge is -2.21. The van der Waals surface area contributed by atoms with Gasteiger partial charge in [0.1, 0.15) is 5.69 Å². The number of alkyl halides is 5. The van der Waals surface area contributed by atoms with Crippen LogP contribution in [0.2, 0.25) is 0 Å². The van der Waals surface area contributed by atoms with Crippen LogP contribution in [0.4, 0.5) is 22.0 Å². The van der Waals surface area contributed by atoms with Crippen LogP contribution in [0.15, 0.2) is 41.7 Å². The quantitative estimate of drug-likeness (QED) is 0.450. The molecule has 1 aromatic carbocycles. The van der Waals surface area contributed by atoms with Crippen molar-refractivity contribution in [3.8, 4) is 11.5 Å². The zero-order valence-corrected chi connectivity index (χ0v) is 15.6. The number of ether oxygens (including phenoxy) is 2. The van der Waals surface area contributed by atoms with Gasteiger partial charge in [-0.2, -0.15) is 26.9 Å². The molecule has 0 saturated heterocycles. The second-order valence-corrected chi connectivity index (χ2v) is 7.20. The first kappa shape index (κ1) is 21.1. The van der Waals surface area contributed by atoms with Crippen molar-refractivity contribution in [3.05, 3.63) is 42.2 Å². The number of para-hydroxylation sites is 2. The zero-order chi connectivity index (χ0) is 21.2. The van der Waals surface area contributed by atoms with Crippen molar-refractivity contribution >= 4 is 22.2 Å². The van der Waals surface area contributed by atoms with E-state index in [1.54, 1.807) is 24.3 Å². The van der Waals surface area contributed by atoms with E-state index in [4.69, 9.17) is 4.74 Å². The largest absolute Gasteiger partial charge is 0.609 e. The molecule has 3 aromatic rings. The van der Waals surface area contributed by atoms with Crippen molar-refractivity contribution in [2.75, 3.05) is 13.7 Å². The summed E-state index contributed by atoms with van der Waals surface area (Å²) in [6, 6.07) is 8.09. The number of fused-ring (bicyclic) bond motifs is 1.